The fourth-order valence-electron chi connectivity index (χ4n) is 1.26. The van der Waals surface area contributed by atoms with E-state index in [0.717, 1.165) is 0 Å². The molecule has 1 heterocycles. The Balaban J connectivity index is 3.09. The van der Waals surface area contributed by atoms with Crippen molar-refractivity contribution in [2.24, 2.45) is 7.05 Å². The summed E-state index contributed by atoms with van der Waals surface area (Å²) in [6, 6.07) is 1.49. The monoisotopic (exact) mass is 232 g/mol. The van der Waals surface area contributed by atoms with Gasteiger partial charge in [-0.25, -0.2) is 4.79 Å². The molecule has 0 atom stereocenters. The Bertz CT molecular complexity index is 571. The summed E-state index contributed by atoms with van der Waals surface area (Å²) < 4.78 is 6.18. The molecule has 1 aromatic heterocycles. The average molecular weight is 233 g/mol. The molecule has 2 rings (SSSR count). The van der Waals surface area contributed by atoms with Gasteiger partial charge in [0.2, 0.25) is 0 Å². The van der Waals surface area contributed by atoms with Crippen LogP contribution >= 0.6 is 23.2 Å². The van der Waals surface area contributed by atoms with Gasteiger partial charge in [0, 0.05) is 7.05 Å². The van der Waals surface area contributed by atoms with E-state index < -0.39 is 5.76 Å². The maximum atomic E-state index is 11.2. The van der Waals surface area contributed by atoms with Crippen LogP contribution in [-0.4, -0.2) is 4.57 Å². The van der Waals surface area contributed by atoms with Crippen molar-refractivity contribution >= 4 is 40.0 Å². The third kappa shape index (κ3) is 1.11. The summed E-state index contributed by atoms with van der Waals surface area (Å²) in [6.45, 7) is 0. The third-order valence-electron chi connectivity index (χ3n) is 1.97. The molecule has 0 bridgehead atoms. The highest BCUT2D eigenvalue weighted by molar-refractivity contribution is 6.41. The van der Waals surface area contributed by atoms with E-state index in [4.69, 9.17) is 33.4 Å². The first kappa shape index (κ1) is 9.43. The normalized spacial score (nSPS) is 11.1. The first-order valence-corrected chi connectivity index (χ1v) is 4.51. The summed E-state index contributed by atoms with van der Waals surface area (Å²) in [4.78, 5) is 11.2. The number of benzene rings is 1. The van der Waals surface area contributed by atoms with E-state index in [1.165, 1.54) is 10.6 Å². The zero-order valence-corrected chi connectivity index (χ0v) is 8.69. The van der Waals surface area contributed by atoms with Crippen molar-refractivity contribution in [3.63, 3.8) is 0 Å². The minimum absolute atomic E-state index is 0.210. The Morgan fingerprint density at radius 1 is 1.50 bits per heavy atom. The second-order valence-corrected chi connectivity index (χ2v) is 3.65. The summed E-state index contributed by atoms with van der Waals surface area (Å²) >= 11 is 11.7. The quantitative estimate of drug-likeness (QED) is 0.708. The standard InChI is InChI=1S/C8H6Cl2N2O2/c1-12-6-3(9)2-4(11)5(10)7(6)14-8(12)13/h2H,11H2,1H3. The van der Waals surface area contributed by atoms with Gasteiger partial charge >= 0.3 is 5.76 Å². The molecule has 0 saturated carbocycles. The second-order valence-electron chi connectivity index (χ2n) is 2.87. The number of nitrogens with two attached hydrogens (primary N) is 1. The molecule has 0 amide bonds. The van der Waals surface area contributed by atoms with Gasteiger partial charge < -0.3 is 10.2 Å². The first-order valence-electron chi connectivity index (χ1n) is 3.75. The van der Waals surface area contributed by atoms with Crippen molar-refractivity contribution in [3.8, 4) is 0 Å². The Hall–Kier alpha value is -1.13. The lowest BCUT2D eigenvalue weighted by molar-refractivity contribution is 0.528. The number of anilines is 1. The molecule has 6 heteroatoms. The maximum Gasteiger partial charge on any atom is 0.419 e. The molecule has 0 saturated heterocycles. The number of nitrogen functional groups attached to an aromatic ring is 1. The van der Waals surface area contributed by atoms with E-state index in [1.54, 1.807) is 7.05 Å². The van der Waals surface area contributed by atoms with Gasteiger partial charge in [0.15, 0.2) is 5.58 Å². The Kier molecular flexibility index (Phi) is 1.97. The predicted octanol–water partition coefficient (Wildman–Crippen LogP) is 2.02. The molecule has 0 spiro atoms. The zero-order valence-electron chi connectivity index (χ0n) is 7.17. The molecule has 1 aromatic carbocycles. The number of aromatic nitrogens is 1. The van der Waals surface area contributed by atoms with Gasteiger partial charge in [-0.05, 0) is 6.07 Å². The molecular weight excluding hydrogens is 227 g/mol. The van der Waals surface area contributed by atoms with E-state index in [0.29, 0.717) is 16.2 Å². The minimum Gasteiger partial charge on any atom is -0.406 e. The second kappa shape index (κ2) is 2.93. The van der Waals surface area contributed by atoms with Crippen molar-refractivity contribution in [1.82, 2.24) is 4.57 Å². The number of hydrogen-bond donors (Lipinski definition) is 1. The van der Waals surface area contributed by atoms with Crippen LogP contribution in [0.25, 0.3) is 11.1 Å². The molecule has 74 valence electrons. The van der Waals surface area contributed by atoms with Crippen LogP contribution in [0.15, 0.2) is 15.3 Å². The fraction of sp³-hybridized carbons (Fsp3) is 0.125. The molecule has 0 aliphatic rings. The Labute approximate surface area is 88.8 Å². The number of hydrogen-bond acceptors (Lipinski definition) is 3. The molecular formula is C8H6Cl2N2O2. The van der Waals surface area contributed by atoms with Gasteiger partial charge in [0.25, 0.3) is 0 Å². The summed E-state index contributed by atoms with van der Waals surface area (Å²) in [5, 5.41) is 0.553. The Morgan fingerprint density at radius 2 is 2.14 bits per heavy atom. The number of halogens is 2. The highest BCUT2D eigenvalue weighted by Crippen LogP contribution is 2.33. The van der Waals surface area contributed by atoms with Crippen LogP contribution in [0.3, 0.4) is 0 Å². The topological polar surface area (TPSA) is 61.2 Å². The largest absolute Gasteiger partial charge is 0.419 e. The Morgan fingerprint density at radius 3 is 2.79 bits per heavy atom. The van der Waals surface area contributed by atoms with Crippen LogP contribution in [0.4, 0.5) is 5.69 Å². The number of nitrogens with zero attached hydrogens (tertiary/aromatic N) is 1. The highest BCUT2D eigenvalue weighted by atomic mass is 35.5. The zero-order chi connectivity index (χ0) is 10.5. The lowest BCUT2D eigenvalue weighted by Gasteiger charge is -2.00. The van der Waals surface area contributed by atoms with Crippen molar-refractivity contribution in [3.05, 3.63) is 26.7 Å². The smallest absolute Gasteiger partial charge is 0.406 e. The van der Waals surface area contributed by atoms with E-state index in [9.17, 15) is 4.79 Å². The average Bonchev–Trinajstić information content (AvgIpc) is 2.40. The van der Waals surface area contributed by atoms with Crippen molar-refractivity contribution < 1.29 is 4.42 Å². The fourth-order valence-corrected chi connectivity index (χ4v) is 1.78. The van der Waals surface area contributed by atoms with Crippen LogP contribution in [-0.2, 0) is 7.05 Å². The summed E-state index contributed by atoms with van der Waals surface area (Å²) in [5.74, 6) is -0.519. The lowest BCUT2D eigenvalue weighted by atomic mass is 10.3. The van der Waals surface area contributed by atoms with Gasteiger partial charge in [0.05, 0.1) is 10.7 Å². The maximum absolute atomic E-state index is 11.2. The minimum atomic E-state index is -0.519. The van der Waals surface area contributed by atoms with E-state index in [-0.39, 0.29) is 10.6 Å². The number of aryl methyl sites for hydroxylation is 1. The summed E-state index contributed by atoms with van der Waals surface area (Å²) in [5.41, 5.74) is 6.53. The molecule has 4 nitrogen and oxygen atoms in total. The van der Waals surface area contributed by atoms with Gasteiger partial charge in [-0.1, -0.05) is 23.2 Å². The van der Waals surface area contributed by atoms with Crippen LogP contribution in [0.5, 0.6) is 0 Å². The molecule has 0 fully saturated rings. The van der Waals surface area contributed by atoms with Crippen LogP contribution in [0.2, 0.25) is 10.0 Å². The van der Waals surface area contributed by atoms with Gasteiger partial charge in [0.1, 0.15) is 10.5 Å². The van der Waals surface area contributed by atoms with E-state index in [1.807, 2.05) is 0 Å². The summed E-state index contributed by atoms with van der Waals surface area (Å²) in [6.07, 6.45) is 0. The molecule has 0 radical (unpaired) electrons. The summed E-state index contributed by atoms with van der Waals surface area (Å²) in [7, 11) is 1.55. The van der Waals surface area contributed by atoms with Gasteiger partial charge in [-0.2, -0.15) is 0 Å². The molecule has 14 heavy (non-hydrogen) atoms. The SMILES string of the molecule is Cn1c(=O)oc2c(Cl)c(N)cc(Cl)c21. The molecule has 0 aliphatic heterocycles. The number of rotatable bonds is 0. The van der Waals surface area contributed by atoms with Crippen molar-refractivity contribution in [1.29, 1.82) is 0 Å². The predicted molar refractivity (Wildman–Crippen MR) is 55.9 cm³/mol. The first-order chi connectivity index (χ1) is 6.52. The van der Waals surface area contributed by atoms with Crippen LogP contribution < -0.4 is 11.5 Å². The molecule has 2 aromatic rings. The molecule has 0 aliphatic carbocycles. The van der Waals surface area contributed by atoms with Gasteiger partial charge in [-0.3, -0.25) is 4.57 Å². The van der Waals surface area contributed by atoms with Crippen LogP contribution in [0, 0.1) is 0 Å². The van der Waals surface area contributed by atoms with Gasteiger partial charge in [-0.15, -0.1) is 0 Å². The van der Waals surface area contributed by atoms with Crippen molar-refractivity contribution in [2.75, 3.05) is 5.73 Å². The lowest BCUT2D eigenvalue weighted by Crippen LogP contribution is -2.08. The van der Waals surface area contributed by atoms with E-state index >= 15 is 0 Å². The highest BCUT2D eigenvalue weighted by Gasteiger charge is 2.15. The van der Waals surface area contributed by atoms with Crippen molar-refractivity contribution in [2.45, 2.75) is 0 Å². The van der Waals surface area contributed by atoms with E-state index in [2.05, 4.69) is 0 Å². The number of oxazole rings is 1. The van der Waals surface area contributed by atoms with Crippen LogP contribution in [0.1, 0.15) is 0 Å². The molecule has 2 N–H and O–H groups in total. The molecule has 0 unspecified atom stereocenters. The third-order valence-corrected chi connectivity index (χ3v) is 2.65. The number of fused-ring (bicyclic) bond motifs is 1.